The van der Waals surface area contributed by atoms with E-state index in [4.69, 9.17) is 0 Å². The zero-order chi connectivity index (χ0) is 23.7. The van der Waals surface area contributed by atoms with Crippen molar-refractivity contribution in [3.63, 3.8) is 0 Å². The first-order valence-electron chi connectivity index (χ1n) is 11.1. The van der Waals surface area contributed by atoms with E-state index < -0.39 is 11.4 Å². The number of hydrogen-bond acceptors (Lipinski definition) is 5. The summed E-state index contributed by atoms with van der Waals surface area (Å²) in [5.41, 5.74) is 2.15. The van der Waals surface area contributed by atoms with E-state index in [1.54, 1.807) is 38.2 Å². The highest BCUT2D eigenvalue weighted by molar-refractivity contribution is 5.80. The summed E-state index contributed by atoms with van der Waals surface area (Å²) in [6.07, 6.45) is 2.65. The molecule has 6 nitrogen and oxygen atoms in total. The maximum absolute atomic E-state index is 11.9. The zero-order valence-corrected chi connectivity index (χ0v) is 19.0. The number of nitrogens with one attached hydrogen (secondary N) is 3. The van der Waals surface area contributed by atoms with Crippen molar-refractivity contribution in [2.24, 2.45) is 0 Å². The zero-order valence-electron chi connectivity index (χ0n) is 19.0. The molecule has 1 unspecified atom stereocenters. The van der Waals surface area contributed by atoms with Gasteiger partial charge >= 0.3 is 5.97 Å². The quantitative estimate of drug-likeness (QED) is 0.402. The molecule has 4 N–H and O–H groups in total. The van der Waals surface area contributed by atoms with Gasteiger partial charge in [0.1, 0.15) is 11.6 Å². The van der Waals surface area contributed by atoms with Crippen LogP contribution in [0.15, 0.2) is 72.9 Å². The molecule has 2 aromatic carbocycles. The number of carboxylic acids is 1. The smallest absolute Gasteiger partial charge is 0.313 e. The highest BCUT2D eigenvalue weighted by Crippen LogP contribution is 2.24. The average Bonchev–Trinajstić information content (AvgIpc) is 2.83. The Bertz CT molecular complexity index is 1040. The van der Waals surface area contributed by atoms with Crippen LogP contribution in [0.2, 0.25) is 0 Å². The van der Waals surface area contributed by atoms with Gasteiger partial charge in [0, 0.05) is 19.3 Å². The monoisotopic (exact) mass is 450 g/mol. The molecule has 0 radical (unpaired) electrons. The summed E-state index contributed by atoms with van der Waals surface area (Å²) in [5.74, 6) is -0.0887. The first-order valence-corrected chi connectivity index (χ1v) is 11.1. The van der Waals surface area contributed by atoms with E-state index in [2.05, 4.69) is 20.9 Å². The van der Waals surface area contributed by atoms with Crippen LogP contribution in [0.4, 0.5) is 15.9 Å². The maximum Gasteiger partial charge on any atom is 0.313 e. The van der Waals surface area contributed by atoms with Crippen molar-refractivity contribution in [3.05, 3.63) is 89.9 Å². The van der Waals surface area contributed by atoms with Crippen LogP contribution in [0.25, 0.3) is 0 Å². The molecule has 174 valence electrons. The van der Waals surface area contributed by atoms with Crippen molar-refractivity contribution in [2.75, 3.05) is 30.3 Å². The fourth-order valence-corrected chi connectivity index (χ4v) is 3.43. The lowest BCUT2D eigenvalue weighted by molar-refractivity contribution is -0.142. The van der Waals surface area contributed by atoms with Crippen molar-refractivity contribution in [1.82, 2.24) is 10.3 Å². The van der Waals surface area contributed by atoms with E-state index in [9.17, 15) is 14.3 Å². The molecule has 1 atom stereocenters. The van der Waals surface area contributed by atoms with Crippen molar-refractivity contribution < 1.29 is 14.3 Å². The number of anilines is 2. The standard InChI is InChI=1S/C20H26N4O2.C6H5F/c1-20(2,19(25)26)15-6-3-5-14(11-15)8-10-21-12-16-13-23-17-7-4-9-22-18(17)24-16;7-6-4-2-1-3-5-6/h3-7,9,11,16,21,23H,8,10,12-13H2,1-2H3,(H,22,24)(H,25,26);1-5H. The van der Waals surface area contributed by atoms with Crippen molar-refractivity contribution in [3.8, 4) is 0 Å². The van der Waals surface area contributed by atoms with E-state index in [0.717, 1.165) is 48.7 Å². The maximum atomic E-state index is 11.9. The van der Waals surface area contributed by atoms with Crippen molar-refractivity contribution in [2.45, 2.75) is 31.7 Å². The number of halogens is 1. The van der Waals surface area contributed by atoms with Gasteiger partial charge < -0.3 is 21.1 Å². The number of rotatable bonds is 7. The van der Waals surface area contributed by atoms with E-state index >= 15 is 0 Å². The molecular weight excluding hydrogens is 419 g/mol. The summed E-state index contributed by atoms with van der Waals surface area (Å²) in [6.45, 7) is 6.00. The molecule has 0 saturated heterocycles. The highest BCUT2D eigenvalue weighted by atomic mass is 19.1. The summed E-state index contributed by atoms with van der Waals surface area (Å²) < 4.78 is 11.9. The first kappa shape index (κ1) is 24.2. The number of pyridine rings is 1. The van der Waals surface area contributed by atoms with Crippen LogP contribution < -0.4 is 16.0 Å². The summed E-state index contributed by atoms with van der Waals surface area (Å²) in [6, 6.07) is 20.0. The first-order chi connectivity index (χ1) is 15.9. The Hall–Kier alpha value is -3.45. The number of fused-ring (bicyclic) bond motifs is 1. The van der Waals surface area contributed by atoms with Crippen LogP contribution in [0.1, 0.15) is 25.0 Å². The van der Waals surface area contributed by atoms with Crippen molar-refractivity contribution in [1.29, 1.82) is 0 Å². The average molecular weight is 451 g/mol. The predicted octanol–water partition coefficient (Wildman–Crippen LogP) is 4.31. The van der Waals surface area contributed by atoms with E-state index in [1.165, 1.54) is 12.1 Å². The molecule has 0 saturated carbocycles. The highest BCUT2D eigenvalue weighted by Gasteiger charge is 2.29. The number of benzene rings is 2. The van der Waals surface area contributed by atoms with E-state index in [1.807, 2.05) is 36.4 Å². The molecular formula is C26H31FN4O2. The van der Waals surface area contributed by atoms with Gasteiger partial charge in [-0.3, -0.25) is 4.79 Å². The summed E-state index contributed by atoms with van der Waals surface area (Å²) in [7, 11) is 0. The Morgan fingerprint density at radius 2 is 1.94 bits per heavy atom. The van der Waals surface area contributed by atoms with Gasteiger partial charge in [0.15, 0.2) is 0 Å². The Morgan fingerprint density at radius 3 is 2.64 bits per heavy atom. The van der Waals surface area contributed by atoms with Crippen LogP contribution in [-0.2, 0) is 16.6 Å². The van der Waals surface area contributed by atoms with Gasteiger partial charge in [0.25, 0.3) is 0 Å². The fraction of sp³-hybridized carbons (Fsp3) is 0.308. The second-order valence-electron chi connectivity index (χ2n) is 8.50. The molecule has 33 heavy (non-hydrogen) atoms. The van der Waals surface area contributed by atoms with Crippen LogP contribution in [0, 0.1) is 5.82 Å². The molecule has 3 aromatic rings. The second kappa shape index (κ2) is 11.4. The second-order valence-corrected chi connectivity index (χ2v) is 8.50. The molecule has 1 aliphatic rings. The number of carbonyl (C=O) groups is 1. The molecule has 0 aliphatic carbocycles. The van der Waals surface area contributed by atoms with Gasteiger partial charge in [-0.2, -0.15) is 0 Å². The lowest BCUT2D eigenvalue weighted by atomic mass is 9.84. The Morgan fingerprint density at radius 1 is 1.15 bits per heavy atom. The van der Waals surface area contributed by atoms with Crippen molar-refractivity contribution >= 4 is 17.5 Å². The summed E-state index contributed by atoms with van der Waals surface area (Å²) in [4.78, 5) is 15.8. The SMILES string of the molecule is CC(C)(C(=O)O)c1cccc(CCNCC2CNc3cccnc3N2)c1.Fc1ccccc1. The topological polar surface area (TPSA) is 86.3 Å². The predicted molar refractivity (Wildman–Crippen MR) is 130 cm³/mol. The third-order valence-electron chi connectivity index (χ3n) is 5.59. The Kier molecular flexibility index (Phi) is 8.38. The molecule has 7 heteroatoms. The molecule has 0 fully saturated rings. The third kappa shape index (κ3) is 7.02. The molecule has 1 aromatic heterocycles. The van der Waals surface area contributed by atoms with E-state index in [-0.39, 0.29) is 11.9 Å². The van der Waals surface area contributed by atoms with Crippen LogP contribution in [0.5, 0.6) is 0 Å². The third-order valence-corrected chi connectivity index (χ3v) is 5.59. The minimum Gasteiger partial charge on any atom is -0.481 e. The minimum atomic E-state index is -0.873. The van der Waals surface area contributed by atoms with Crippen LogP contribution in [-0.4, -0.2) is 41.7 Å². The van der Waals surface area contributed by atoms with Gasteiger partial charge in [0.2, 0.25) is 0 Å². The molecule has 0 bridgehead atoms. The van der Waals surface area contributed by atoms with Gasteiger partial charge in [-0.25, -0.2) is 9.37 Å². The number of hydrogen-bond donors (Lipinski definition) is 4. The Labute approximate surface area is 194 Å². The lowest BCUT2D eigenvalue weighted by Gasteiger charge is -2.27. The number of nitrogens with zero attached hydrogens (tertiary/aromatic N) is 1. The van der Waals surface area contributed by atoms with E-state index in [0.29, 0.717) is 0 Å². The lowest BCUT2D eigenvalue weighted by Crippen LogP contribution is -2.41. The van der Waals surface area contributed by atoms with Gasteiger partial charge in [-0.1, -0.05) is 42.5 Å². The fourth-order valence-electron chi connectivity index (χ4n) is 3.43. The number of aromatic nitrogens is 1. The number of carboxylic acid groups (broad SMARTS) is 1. The molecule has 0 spiro atoms. The van der Waals surface area contributed by atoms with Gasteiger partial charge in [-0.15, -0.1) is 0 Å². The summed E-state index contributed by atoms with van der Waals surface area (Å²) in [5, 5.41) is 19.7. The van der Waals surface area contributed by atoms with Gasteiger partial charge in [0.05, 0.1) is 17.1 Å². The Balaban J connectivity index is 0.000000374. The largest absolute Gasteiger partial charge is 0.481 e. The minimum absolute atomic E-state index is 0.178. The molecule has 1 aliphatic heterocycles. The molecule has 4 rings (SSSR count). The van der Waals surface area contributed by atoms with Crippen LogP contribution >= 0.6 is 0 Å². The van der Waals surface area contributed by atoms with Gasteiger partial charge in [-0.05, 0) is 62.2 Å². The van der Waals surface area contributed by atoms with Crippen LogP contribution in [0.3, 0.4) is 0 Å². The summed E-state index contributed by atoms with van der Waals surface area (Å²) >= 11 is 0. The normalized spacial score (nSPS) is 14.7. The molecule has 2 heterocycles. The molecule has 0 amide bonds. The number of aliphatic carboxylic acids is 1.